The van der Waals surface area contributed by atoms with Crippen molar-refractivity contribution in [3.05, 3.63) is 48.0 Å². The Bertz CT molecular complexity index is 1260. The molecule has 2 unspecified atom stereocenters. The molecule has 190 valence electrons. The number of rotatable bonds is 8. The number of anilines is 1. The molecule has 0 aliphatic carbocycles. The average Bonchev–Trinajstić information content (AvgIpc) is 3.44. The number of ether oxygens (including phenoxy) is 1. The molecule has 3 heterocycles. The van der Waals surface area contributed by atoms with Crippen LogP contribution >= 0.6 is 0 Å². The number of amides is 1. The van der Waals surface area contributed by atoms with E-state index in [9.17, 15) is 25.2 Å². The van der Waals surface area contributed by atoms with Crippen molar-refractivity contribution in [3.63, 3.8) is 0 Å². The van der Waals surface area contributed by atoms with Crippen LogP contribution in [0.2, 0.25) is 0 Å². The van der Waals surface area contributed by atoms with Crippen LogP contribution in [0.3, 0.4) is 0 Å². The molecule has 3 aromatic rings. The Hall–Kier alpha value is -3.60. The first-order valence-corrected chi connectivity index (χ1v) is 11.5. The molecule has 4 rings (SSSR count). The highest BCUT2D eigenvalue weighted by molar-refractivity contribution is 5.83. The zero-order valence-electron chi connectivity index (χ0n) is 19.8. The molecule has 5 N–H and O–H groups in total. The maximum absolute atomic E-state index is 11.2. The van der Waals surface area contributed by atoms with Gasteiger partial charge in [0.05, 0.1) is 6.33 Å². The van der Waals surface area contributed by atoms with Crippen LogP contribution in [0, 0.1) is 11.8 Å². The zero-order chi connectivity index (χ0) is 25.8. The van der Waals surface area contributed by atoms with Gasteiger partial charge in [-0.2, -0.15) is 0 Å². The van der Waals surface area contributed by atoms with Gasteiger partial charge in [-0.05, 0) is 25.3 Å². The van der Waals surface area contributed by atoms with Crippen molar-refractivity contribution in [2.75, 3.05) is 18.4 Å². The van der Waals surface area contributed by atoms with Crippen molar-refractivity contribution < 1.29 is 30.0 Å². The molecule has 12 nitrogen and oxygen atoms in total. The number of hydrogen-bond donors (Lipinski definition) is 5. The minimum Gasteiger partial charge on any atom is -0.387 e. The lowest BCUT2D eigenvalue weighted by atomic mass is 10.1. The molecule has 1 fully saturated rings. The van der Waals surface area contributed by atoms with Gasteiger partial charge in [0.2, 0.25) is 12.2 Å². The largest absolute Gasteiger partial charge is 0.387 e. The maximum Gasteiger partial charge on any atom is 0.211 e. The topological polar surface area (TPSA) is 166 Å². The number of fused-ring (bicyclic) bond motifs is 1. The van der Waals surface area contributed by atoms with Crippen LogP contribution in [0.15, 0.2) is 36.7 Å². The van der Waals surface area contributed by atoms with E-state index in [1.807, 2.05) is 13.0 Å². The minimum atomic E-state index is -1.48. The quantitative estimate of drug-likeness (QED) is 0.160. The molecule has 6 atom stereocenters. The predicted octanol–water partition coefficient (Wildman–Crippen LogP) is -0.241. The Morgan fingerprint density at radius 3 is 2.61 bits per heavy atom. The van der Waals surface area contributed by atoms with Crippen LogP contribution < -0.4 is 5.32 Å². The van der Waals surface area contributed by atoms with Crippen LogP contribution in [0.5, 0.6) is 0 Å². The number of benzene rings is 1. The summed E-state index contributed by atoms with van der Waals surface area (Å²) in [6.07, 6.45) is -6.04. The van der Waals surface area contributed by atoms with Crippen molar-refractivity contribution in [1.29, 1.82) is 0 Å². The average molecular weight is 497 g/mol. The van der Waals surface area contributed by atoms with Crippen LogP contribution in [-0.4, -0.2) is 88.9 Å². The second-order valence-electron chi connectivity index (χ2n) is 8.15. The van der Waals surface area contributed by atoms with E-state index in [2.05, 4.69) is 32.1 Å². The number of carbonyl (C=O) groups excluding carboxylic acids is 1. The number of aromatic nitrogens is 4. The number of likely N-dealkylation sites (N-methyl/N-ethyl adjacent to an activating group) is 1. The highest BCUT2D eigenvalue weighted by atomic mass is 16.6. The van der Waals surface area contributed by atoms with Gasteiger partial charge in [-0.1, -0.05) is 36.3 Å². The van der Waals surface area contributed by atoms with Gasteiger partial charge in [-0.25, -0.2) is 15.0 Å². The van der Waals surface area contributed by atoms with E-state index < -0.39 is 36.9 Å². The summed E-state index contributed by atoms with van der Waals surface area (Å²) in [5.41, 5.74) is 1.26. The number of imidazole rings is 1. The molecule has 0 saturated carbocycles. The standard InChI is InChI=1S/C24H28N6O6/c1-3-25-21-17-22(28-16(27-21)11-10-15(32)14-8-6-5-7-9-14)30(12-26-17)24-19(34)18(33)20(36-24)23(35)29(4-2)13-31/h5-9,12-13,15,18-20,23-24,32-35H,3-4H2,1-2H3,(H,25,27,28)/t15?,18-,19+,20-,23?,24+/m0/s1. The lowest BCUT2D eigenvalue weighted by molar-refractivity contribution is -0.152. The molecule has 1 saturated heterocycles. The van der Waals surface area contributed by atoms with E-state index in [4.69, 9.17) is 4.74 Å². The van der Waals surface area contributed by atoms with Gasteiger partial charge in [0.25, 0.3) is 0 Å². The Kier molecular flexibility index (Phi) is 7.78. The first kappa shape index (κ1) is 25.5. The summed E-state index contributed by atoms with van der Waals surface area (Å²) < 4.78 is 7.21. The lowest BCUT2D eigenvalue weighted by Gasteiger charge is -2.28. The molecule has 0 spiro atoms. The molecule has 1 aromatic carbocycles. The molecular formula is C24H28N6O6. The van der Waals surface area contributed by atoms with Crippen molar-refractivity contribution in [1.82, 2.24) is 24.4 Å². The van der Waals surface area contributed by atoms with Crippen molar-refractivity contribution in [3.8, 4) is 11.8 Å². The fourth-order valence-electron chi connectivity index (χ4n) is 3.98. The van der Waals surface area contributed by atoms with E-state index >= 15 is 0 Å². The second-order valence-corrected chi connectivity index (χ2v) is 8.15. The monoisotopic (exact) mass is 496 g/mol. The van der Waals surface area contributed by atoms with Crippen LogP contribution in [0.25, 0.3) is 11.2 Å². The minimum absolute atomic E-state index is 0.0953. The van der Waals surface area contributed by atoms with E-state index in [1.165, 1.54) is 10.9 Å². The highest BCUT2D eigenvalue weighted by Crippen LogP contribution is 2.34. The van der Waals surface area contributed by atoms with E-state index in [1.54, 1.807) is 31.2 Å². The number of aliphatic hydroxyl groups is 4. The Morgan fingerprint density at radius 2 is 1.94 bits per heavy atom. The van der Waals surface area contributed by atoms with Crippen molar-refractivity contribution in [2.45, 2.75) is 50.7 Å². The van der Waals surface area contributed by atoms with Gasteiger partial charge < -0.3 is 35.4 Å². The smallest absolute Gasteiger partial charge is 0.211 e. The third-order valence-corrected chi connectivity index (χ3v) is 5.89. The molecule has 1 aliphatic rings. The third-order valence-electron chi connectivity index (χ3n) is 5.89. The summed E-state index contributed by atoms with van der Waals surface area (Å²) in [6.45, 7) is 4.26. The fraction of sp³-hybridized carbons (Fsp3) is 0.417. The molecule has 1 aliphatic heterocycles. The Labute approximate surface area is 207 Å². The molecule has 0 radical (unpaired) electrons. The third kappa shape index (κ3) is 4.88. The normalized spacial score (nSPS) is 23.1. The lowest BCUT2D eigenvalue weighted by Crippen LogP contribution is -2.48. The van der Waals surface area contributed by atoms with Crippen molar-refractivity contribution in [2.24, 2.45) is 0 Å². The number of hydrogen-bond acceptors (Lipinski definition) is 10. The SMILES string of the molecule is CCNc1nc(C#CC(O)c2ccccc2)nc2c1ncn2[C@@H]1O[C@H](C(O)N(C=O)CC)[C@@H](O)[C@H]1O. The van der Waals surface area contributed by atoms with Gasteiger partial charge >= 0.3 is 0 Å². The number of carbonyl (C=O) groups is 1. The summed E-state index contributed by atoms with van der Waals surface area (Å²) in [5.74, 6) is 5.99. The van der Waals surface area contributed by atoms with Gasteiger partial charge in [0.1, 0.15) is 24.4 Å². The molecule has 2 aromatic heterocycles. The van der Waals surface area contributed by atoms with Crippen LogP contribution in [-0.2, 0) is 9.53 Å². The Morgan fingerprint density at radius 1 is 1.19 bits per heavy atom. The van der Waals surface area contributed by atoms with E-state index in [0.29, 0.717) is 29.9 Å². The van der Waals surface area contributed by atoms with Crippen LogP contribution in [0.4, 0.5) is 5.82 Å². The summed E-state index contributed by atoms with van der Waals surface area (Å²) in [4.78, 5) is 25.5. The number of aliphatic hydroxyl groups excluding tert-OH is 4. The first-order valence-electron chi connectivity index (χ1n) is 11.5. The maximum atomic E-state index is 11.2. The van der Waals surface area contributed by atoms with Crippen LogP contribution in [0.1, 0.15) is 37.6 Å². The summed E-state index contributed by atoms with van der Waals surface area (Å²) in [5, 5.41) is 45.2. The summed E-state index contributed by atoms with van der Waals surface area (Å²) in [6, 6.07) is 8.93. The van der Waals surface area contributed by atoms with Gasteiger partial charge in [-0.15, -0.1) is 0 Å². The van der Waals surface area contributed by atoms with Gasteiger partial charge in [0, 0.05) is 13.1 Å². The second kappa shape index (κ2) is 11.0. The molecule has 1 amide bonds. The summed E-state index contributed by atoms with van der Waals surface area (Å²) >= 11 is 0. The predicted molar refractivity (Wildman–Crippen MR) is 128 cm³/mol. The van der Waals surface area contributed by atoms with Gasteiger partial charge in [-0.3, -0.25) is 9.36 Å². The molecule has 36 heavy (non-hydrogen) atoms. The van der Waals surface area contributed by atoms with E-state index in [-0.39, 0.29) is 18.0 Å². The highest BCUT2D eigenvalue weighted by Gasteiger charge is 2.48. The first-order chi connectivity index (χ1) is 17.4. The zero-order valence-corrected chi connectivity index (χ0v) is 19.8. The van der Waals surface area contributed by atoms with Crippen molar-refractivity contribution >= 4 is 23.4 Å². The number of nitrogens with one attached hydrogen (secondary N) is 1. The molecular weight excluding hydrogens is 468 g/mol. The van der Waals surface area contributed by atoms with E-state index in [0.717, 1.165) is 4.90 Å². The molecule has 12 heteroatoms. The summed E-state index contributed by atoms with van der Waals surface area (Å²) in [7, 11) is 0. The fourth-order valence-corrected chi connectivity index (χ4v) is 3.98. The number of nitrogens with zero attached hydrogens (tertiary/aromatic N) is 5. The van der Waals surface area contributed by atoms with Gasteiger partial charge in [0.15, 0.2) is 29.4 Å². The molecule has 0 bridgehead atoms. The Balaban J connectivity index is 1.70.